The molecule has 1 nitrogen and oxygen atoms in total. The molecular weight excluding hydrogens is 124 g/mol. The molecule has 0 saturated heterocycles. The summed E-state index contributed by atoms with van der Waals surface area (Å²) in [7, 11) is 1.83. The number of hydrogen-bond acceptors (Lipinski definition) is 1. The number of ether oxygens (including phenoxy) is 1. The van der Waals surface area contributed by atoms with Gasteiger partial charge in [0.15, 0.2) is 0 Å². The highest BCUT2D eigenvalue weighted by Gasteiger charge is 2.38. The summed E-state index contributed by atoms with van der Waals surface area (Å²) in [5.41, 5.74) is 0. The summed E-state index contributed by atoms with van der Waals surface area (Å²) in [5, 5.41) is 0. The SMILES string of the molecule is COCC1C[C@@H]2CC[C@H]1C2. The van der Waals surface area contributed by atoms with Crippen LogP contribution in [0.3, 0.4) is 0 Å². The van der Waals surface area contributed by atoms with Crippen molar-refractivity contribution in [2.24, 2.45) is 17.8 Å². The summed E-state index contributed by atoms with van der Waals surface area (Å²) in [6.45, 7) is 1.02. The highest BCUT2D eigenvalue weighted by molar-refractivity contribution is 4.89. The van der Waals surface area contributed by atoms with Crippen molar-refractivity contribution in [2.45, 2.75) is 25.7 Å². The molecule has 0 aromatic heterocycles. The fraction of sp³-hybridized carbons (Fsp3) is 1.00. The zero-order chi connectivity index (χ0) is 6.97. The topological polar surface area (TPSA) is 9.23 Å². The van der Waals surface area contributed by atoms with Crippen molar-refractivity contribution in [3.05, 3.63) is 0 Å². The molecule has 0 radical (unpaired) electrons. The maximum atomic E-state index is 5.18. The normalized spacial score (nSPS) is 44.7. The van der Waals surface area contributed by atoms with Crippen LogP contribution in [0.2, 0.25) is 0 Å². The van der Waals surface area contributed by atoms with E-state index in [0.29, 0.717) is 0 Å². The summed E-state index contributed by atoms with van der Waals surface area (Å²) < 4.78 is 5.18. The second-order valence-electron chi connectivity index (χ2n) is 3.89. The van der Waals surface area contributed by atoms with Gasteiger partial charge in [0.2, 0.25) is 0 Å². The van der Waals surface area contributed by atoms with Gasteiger partial charge in [0.05, 0.1) is 0 Å². The van der Waals surface area contributed by atoms with Crippen LogP contribution in [0.5, 0.6) is 0 Å². The molecule has 58 valence electrons. The second kappa shape index (κ2) is 2.54. The second-order valence-corrected chi connectivity index (χ2v) is 3.89. The van der Waals surface area contributed by atoms with Crippen LogP contribution in [0, 0.1) is 17.8 Å². The predicted molar refractivity (Wildman–Crippen MR) is 40.8 cm³/mol. The van der Waals surface area contributed by atoms with E-state index in [1.807, 2.05) is 7.11 Å². The summed E-state index contributed by atoms with van der Waals surface area (Å²) in [5.74, 6) is 3.03. The van der Waals surface area contributed by atoms with Gasteiger partial charge < -0.3 is 4.74 Å². The van der Waals surface area contributed by atoms with Gasteiger partial charge >= 0.3 is 0 Å². The van der Waals surface area contributed by atoms with Crippen molar-refractivity contribution in [3.63, 3.8) is 0 Å². The Balaban J connectivity index is 1.90. The molecule has 0 heterocycles. The molecule has 0 amide bonds. The number of methoxy groups -OCH3 is 1. The van der Waals surface area contributed by atoms with Gasteiger partial charge in [-0.1, -0.05) is 6.42 Å². The Morgan fingerprint density at radius 1 is 1.30 bits per heavy atom. The first-order valence-corrected chi connectivity index (χ1v) is 4.39. The molecular formula is C9H16O. The average Bonchev–Trinajstić information content (AvgIpc) is 2.48. The van der Waals surface area contributed by atoms with E-state index in [1.54, 1.807) is 0 Å². The van der Waals surface area contributed by atoms with E-state index in [1.165, 1.54) is 25.7 Å². The van der Waals surface area contributed by atoms with Gasteiger partial charge in [-0.05, 0) is 37.0 Å². The van der Waals surface area contributed by atoms with Crippen LogP contribution in [0.1, 0.15) is 25.7 Å². The highest BCUT2D eigenvalue weighted by atomic mass is 16.5. The van der Waals surface area contributed by atoms with Gasteiger partial charge in [0.25, 0.3) is 0 Å². The molecule has 10 heavy (non-hydrogen) atoms. The van der Waals surface area contributed by atoms with Crippen molar-refractivity contribution in [1.82, 2.24) is 0 Å². The van der Waals surface area contributed by atoms with Crippen molar-refractivity contribution in [3.8, 4) is 0 Å². The van der Waals surface area contributed by atoms with Crippen molar-refractivity contribution in [2.75, 3.05) is 13.7 Å². The van der Waals surface area contributed by atoms with Gasteiger partial charge in [-0.2, -0.15) is 0 Å². The Morgan fingerprint density at radius 3 is 2.70 bits per heavy atom. The standard InChI is InChI=1S/C9H16O/c1-10-6-9-5-7-2-3-8(9)4-7/h7-9H,2-6H2,1H3/t7-,8+,9?/m1/s1. The Hall–Kier alpha value is -0.0400. The lowest BCUT2D eigenvalue weighted by Crippen LogP contribution is -2.15. The molecule has 0 N–H and O–H groups in total. The molecule has 0 aromatic rings. The van der Waals surface area contributed by atoms with Crippen LogP contribution in [-0.4, -0.2) is 13.7 Å². The quantitative estimate of drug-likeness (QED) is 0.570. The van der Waals surface area contributed by atoms with Gasteiger partial charge in [0.1, 0.15) is 0 Å². The average molecular weight is 140 g/mol. The third kappa shape index (κ3) is 0.968. The Labute approximate surface area is 62.8 Å². The summed E-state index contributed by atoms with van der Waals surface area (Å²) in [6.07, 6.45) is 5.95. The third-order valence-electron chi connectivity index (χ3n) is 3.27. The molecule has 2 aliphatic rings. The lowest BCUT2D eigenvalue weighted by atomic mass is 9.90. The minimum Gasteiger partial charge on any atom is -0.384 e. The monoisotopic (exact) mass is 140 g/mol. The zero-order valence-corrected chi connectivity index (χ0v) is 6.68. The largest absolute Gasteiger partial charge is 0.384 e. The van der Waals surface area contributed by atoms with Crippen molar-refractivity contribution in [1.29, 1.82) is 0 Å². The summed E-state index contributed by atoms with van der Waals surface area (Å²) in [4.78, 5) is 0. The Morgan fingerprint density at radius 2 is 2.20 bits per heavy atom. The molecule has 2 saturated carbocycles. The highest BCUT2D eigenvalue weighted by Crippen LogP contribution is 2.48. The molecule has 2 rings (SSSR count). The van der Waals surface area contributed by atoms with E-state index in [2.05, 4.69) is 0 Å². The molecule has 0 aliphatic heterocycles. The first-order chi connectivity index (χ1) is 4.90. The molecule has 1 heteroatoms. The van der Waals surface area contributed by atoms with Crippen LogP contribution in [0.15, 0.2) is 0 Å². The van der Waals surface area contributed by atoms with E-state index in [-0.39, 0.29) is 0 Å². The van der Waals surface area contributed by atoms with E-state index in [4.69, 9.17) is 4.74 Å². The summed E-state index contributed by atoms with van der Waals surface area (Å²) >= 11 is 0. The van der Waals surface area contributed by atoms with Gasteiger partial charge in [-0.15, -0.1) is 0 Å². The molecule has 0 spiro atoms. The Bertz CT molecular complexity index is 122. The maximum absolute atomic E-state index is 5.18. The molecule has 0 aromatic carbocycles. The molecule has 1 unspecified atom stereocenters. The minimum absolute atomic E-state index is 0.920. The van der Waals surface area contributed by atoms with Gasteiger partial charge in [-0.25, -0.2) is 0 Å². The third-order valence-corrected chi connectivity index (χ3v) is 3.27. The number of rotatable bonds is 2. The van der Waals surface area contributed by atoms with E-state index in [9.17, 15) is 0 Å². The Kier molecular flexibility index (Phi) is 1.69. The van der Waals surface area contributed by atoms with Crippen LogP contribution < -0.4 is 0 Å². The van der Waals surface area contributed by atoms with Crippen LogP contribution in [0.25, 0.3) is 0 Å². The fourth-order valence-corrected chi connectivity index (χ4v) is 2.79. The fourth-order valence-electron chi connectivity index (χ4n) is 2.79. The van der Waals surface area contributed by atoms with E-state index >= 15 is 0 Å². The predicted octanol–water partition coefficient (Wildman–Crippen LogP) is 2.07. The van der Waals surface area contributed by atoms with Crippen LogP contribution in [0.4, 0.5) is 0 Å². The lowest BCUT2D eigenvalue weighted by Gasteiger charge is -2.19. The first-order valence-electron chi connectivity index (χ1n) is 4.39. The molecule has 2 bridgehead atoms. The first kappa shape index (κ1) is 6.66. The van der Waals surface area contributed by atoms with Gasteiger partial charge in [0, 0.05) is 13.7 Å². The van der Waals surface area contributed by atoms with Crippen molar-refractivity contribution < 1.29 is 4.74 Å². The van der Waals surface area contributed by atoms with Crippen LogP contribution >= 0.6 is 0 Å². The van der Waals surface area contributed by atoms with Gasteiger partial charge in [-0.3, -0.25) is 0 Å². The zero-order valence-electron chi connectivity index (χ0n) is 6.68. The van der Waals surface area contributed by atoms with E-state index in [0.717, 1.165) is 24.4 Å². The number of fused-ring (bicyclic) bond motifs is 2. The minimum atomic E-state index is 0.920. The summed E-state index contributed by atoms with van der Waals surface area (Å²) in [6, 6.07) is 0. The molecule has 3 atom stereocenters. The van der Waals surface area contributed by atoms with Crippen molar-refractivity contribution >= 4 is 0 Å². The number of hydrogen-bond donors (Lipinski definition) is 0. The lowest BCUT2D eigenvalue weighted by molar-refractivity contribution is 0.122. The maximum Gasteiger partial charge on any atom is 0.0493 e. The molecule has 2 fully saturated rings. The molecule has 2 aliphatic carbocycles. The smallest absolute Gasteiger partial charge is 0.0493 e. The van der Waals surface area contributed by atoms with Crippen LogP contribution in [-0.2, 0) is 4.74 Å². The van der Waals surface area contributed by atoms with E-state index < -0.39 is 0 Å².